The first-order valence-corrected chi connectivity index (χ1v) is 14.6. The summed E-state index contributed by atoms with van der Waals surface area (Å²) in [5.41, 5.74) is 1.23. The van der Waals surface area contributed by atoms with E-state index < -0.39 is 10.0 Å². The summed E-state index contributed by atoms with van der Waals surface area (Å²) in [5.74, 6) is 0.558. The number of hydrogen-bond donors (Lipinski definition) is 0. The number of fused-ring (bicyclic) bond motifs is 1. The molecular formula is C26H34N4O4S2. The number of amides is 1. The first-order chi connectivity index (χ1) is 17.2. The molecule has 0 saturated carbocycles. The van der Waals surface area contributed by atoms with Crippen LogP contribution < -0.4 is 9.64 Å². The van der Waals surface area contributed by atoms with Gasteiger partial charge in [-0.05, 0) is 83.2 Å². The number of benzene rings is 2. The SMILES string of the molecule is CCOc1ccc2nc(N(CCN(C)C)C(=O)c3ccc(S(=O)(=O)N4CCCC[C@H]4C)cc3)sc2c1. The van der Waals surface area contributed by atoms with Crippen molar-refractivity contribution in [2.24, 2.45) is 0 Å². The number of hydrogen-bond acceptors (Lipinski definition) is 7. The summed E-state index contributed by atoms with van der Waals surface area (Å²) >= 11 is 1.44. The molecule has 0 bridgehead atoms. The van der Waals surface area contributed by atoms with E-state index in [1.54, 1.807) is 33.5 Å². The smallest absolute Gasteiger partial charge is 0.260 e. The number of thiazole rings is 1. The molecule has 1 amide bonds. The zero-order valence-electron chi connectivity index (χ0n) is 21.3. The summed E-state index contributed by atoms with van der Waals surface area (Å²) in [7, 11) is 0.316. The van der Waals surface area contributed by atoms with Crippen molar-refractivity contribution in [1.29, 1.82) is 0 Å². The zero-order valence-corrected chi connectivity index (χ0v) is 22.9. The van der Waals surface area contributed by atoms with E-state index in [1.807, 2.05) is 51.0 Å². The van der Waals surface area contributed by atoms with Crippen molar-refractivity contribution in [3.05, 3.63) is 48.0 Å². The monoisotopic (exact) mass is 530 g/mol. The van der Waals surface area contributed by atoms with Crippen LogP contribution >= 0.6 is 11.3 Å². The predicted octanol–water partition coefficient (Wildman–Crippen LogP) is 4.47. The fraction of sp³-hybridized carbons (Fsp3) is 0.462. The van der Waals surface area contributed by atoms with Crippen LogP contribution in [0.3, 0.4) is 0 Å². The van der Waals surface area contributed by atoms with Gasteiger partial charge in [0.25, 0.3) is 5.91 Å². The van der Waals surface area contributed by atoms with Gasteiger partial charge in [-0.1, -0.05) is 17.8 Å². The molecule has 2 aromatic carbocycles. The standard InChI is InChI=1S/C26H34N4O4S2/c1-5-34-21-11-14-23-24(18-21)35-26(27-23)29(17-16-28(3)4)25(31)20-9-12-22(13-10-20)36(32,33)30-15-7-6-8-19(30)2/h9-14,18-19H,5-8,15-17H2,1-4H3/t19-/m1/s1. The van der Waals surface area contributed by atoms with Crippen molar-refractivity contribution in [1.82, 2.24) is 14.2 Å². The van der Waals surface area contributed by atoms with Crippen molar-refractivity contribution in [3.8, 4) is 5.75 Å². The minimum Gasteiger partial charge on any atom is -0.494 e. The minimum atomic E-state index is -3.59. The van der Waals surface area contributed by atoms with Crippen molar-refractivity contribution in [3.63, 3.8) is 0 Å². The Balaban J connectivity index is 1.61. The van der Waals surface area contributed by atoms with Gasteiger partial charge in [0.05, 0.1) is 21.7 Å². The van der Waals surface area contributed by atoms with Crippen molar-refractivity contribution < 1.29 is 17.9 Å². The highest BCUT2D eigenvalue weighted by Gasteiger charge is 2.31. The zero-order chi connectivity index (χ0) is 25.9. The summed E-state index contributed by atoms with van der Waals surface area (Å²) in [6, 6.07) is 12.0. The number of anilines is 1. The van der Waals surface area contributed by atoms with Crippen LogP contribution in [0.4, 0.5) is 5.13 Å². The molecule has 1 aliphatic rings. The lowest BCUT2D eigenvalue weighted by molar-refractivity contribution is 0.0985. The number of nitrogens with zero attached hydrogens (tertiary/aromatic N) is 4. The Kier molecular flexibility index (Phi) is 8.29. The Morgan fingerprint density at radius 3 is 2.56 bits per heavy atom. The van der Waals surface area contributed by atoms with Gasteiger partial charge in [0.2, 0.25) is 10.0 Å². The molecule has 3 aromatic rings. The highest BCUT2D eigenvalue weighted by Crippen LogP contribution is 2.32. The number of carbonyl (C=O) groups excluding carboxylic acids is 1. The maximum Gasteiger partial charge on any atom is 0.260 e. The molecule has 0 spiro atoms. The quantitative estimate of drug-likeness (QED) is 0.406. The molecule has 1 aromatic heterocycles. The molecule has 0 unspecified atom stereocenters. The van der Waals surface area contributed by atoms with Crippen LogP contribution in [0.2, 0.25) is 0 Å². The Labute approximate surface area is 217 Å². The van der Waals surface area contributed by atoms with Crippen LogP contribution in [0.15, 0.2) is 47.4 Å². The van der Waals surface area contributed by atoms with Gasteiger partial charge < -0.3 is 9.64 Å². The number of sulfonamides is 1. The Bertz CT molecular complexity index is 1310. The second-order valence-electron chi connectivity index (χ2n) is 9.30. The van der Waals surface area contributed by atoms with Crippen LogP contribution in [0.1, 0.15) is 43.5 Å². The third-order valence-corrected chi connectivity index (χ3v) is 9.43. The molecule has 1 atom stereocenters. The molecule has 1 aliphatic heterocycles. The maximum atomic E-state index is 13.6. The summed E-state index contributed by atoms with van der Waals surface area (Å²) in [4.78, 5) is 22.2. The molecule has 2 heterocycles. The Morgan fingerprint density at radius 2 is 1.89 bits per heavy atom. The van der Waals surface area contributed by atoms with Crippen molar-refractivity contribution >= 4 is 42.6 Å². The molecule has 0 radical (unpaired) electrons. The van der Waals surface area contributed by atoms with Crippen molar-refractivity contribution in [2.75, 3.05) is 45.2 Å². The molecular weight excluding hydrogens is 496 g/mol. The lowest BCUT2D eigenvalue weighted by Crippen LogP contribution is -2.41. The average Bonchev–Trinajstić information content (AvgIpc) is 3.27. The highest BCUT2D eigenvalue weighted by atomic mass is 32.2. The Morgan fingerprint density at radius 1 is 1.14 bits per heavy atom. The summed E-state index contributed by atoms with van der Waals surface area (Å²) in [6.45, 7) is 6.11. The van der Waals surface area contributed by atoms with Crippen LogP contribution in [0, 0.1) is 0 Å². The molecule has 0 N–H and O–H groups in total. The highest BCUT2D eigenvalue weighted by molar-refractivity contribution is 7.89. The third kappa shape index (κ3) is 5.72. The van der Waals surface area contributed by atoms with Gasteiger partial charge in [-0.2, -0.15) is 4.31 Å². The van der Waals surface area contributed by atoms with E-state index in [0.29, 0.717) is 36.9 Å². The number of ether oxygens (including phenoxy) is 1. The molecule has 4 rings (SSSR count). The lowest BCUT2D eigenvalue weighted by atomic mass is 10.1. The van der Waals surface area contributed by atoms with Crippen LogP contribution in [-0.2, 0) is 10.0 Å². The number of carbonyl (C=O) groups is 1. The van der Waals surface area contributed by atoms with Gasteiger partial charge >= 0.3 is 0 Å². The molecule has 36 heavy (non-hydrogen) atoms. The lowest BCUT2D eigenvalue weighted by Gasteiger charge is -2.32. The predicted molar refractivity (Wildman–Crippen MR) is 145 cm³/mol. The van der Waals surface area contributed by atoms with Gasteiger partial charge in [-0.3, -0.25) is 9.69 Å². The first-order valence-electron chi connectivity index (χ1n) is 12.3. The van der Waals surface area contributed by atoms with Crippen LogP contribution in [0.5, 0.6) is 5.75 Å². The number of piperidine rings is 1. The summed E-state index contributed by atoms with van der Waals surface area (Å²) in [6.07, 6.45) is 2.78. The molecule has 0 aliphatic carbocycles. The third-order valence-electron chi connectivity index (χ3n) is 6.36. The second-order valence-corrected chi connectivity index (χ2v) is 12.2. The van der Waals surface area contributed by atoms with Crippen LogP contribution in [0.25, 0.3) is 10.2 Å². The van der Waals surface area contributed by atoms with Crippen molar-refractivity contribution in [2.45, 2.75) is 44.0 Å². The fourth-order valence-electron chi connectivity index (χ4n) is 4.34. The molecule has 194 valence electrons. The van der Waals surface area contributed by atoms with Crippen LogP contribution in [-0.4, -0.2) is 74.9 Å². The maximum absolute atomic E-state index is 13.6. The fourth-order valence-corrected chi connectivity index (χ4v) is 7.06. The van der Waals surface area contributed by atoms with E-state index in [2.05, 4.69) is 0 Å². The Hall–Kier alpha value is -2.53. The second kappa shape index (κ2) is 11.2. The largest absolute Gasteiger partial charge is 0.494 e. The summed E-state index contributed by atoms with van der Waals surface area (Å²) < 4.78 is 34.5. The van der Waals surface area contributed by atoms with Gasteiger partial charge in [0.1, 0.15) is 5.75 Å². The van der Waals surface area contributed by atoms with Gasteiger partial charge in [0.15, 0.2) is 5.13 Å². The summed E-state index contributed by atoms with van der Waals surface area (Å²) in [5, 5.41) is 0.601. The van der Waals surface area contributed by atoms with E-state index in [-0.39, 0.29) is 16.8 Å². The minimum absolute atomic E-state index is 0.0196. The first kappa shape index (κ1) is 26.5. The average molecular weight is 531 g/mol. The number of rotatable bonds is 9. The van der Waals surface area contributed by atoms with Gasteiger partial charge in [-0.25, -0.2) is 13.4 Å². The molecule has 1 fully saturated rings. The van der Waals surface area contributed by atoms with E-state index in [0.717, 1.165) is 35.2 Å². The molecule has 10 heteroatoms. The topological polar surface area (TPSA) is 83.0 Å². The van der Waals surface area contributed by atoms with Gasteiger partial charge in [-0.15, -0.1) is 0 Å². The van der Waals surface area contributed by atoms with E-state index in [1.165, 1.54) is 11.3 Å². The van der Waals surface area contributed by atoms with E-state index in [9.17, 15) is 13.2 Å². The van der Waals surface area contributed by atoms with Gasteiger partial charge in [0, 0.05) is 31.2 Å². The number of likely N-dealkylation sites (N-methyl/N-ethyl adjacent to an activating group) is 1. The number of aromatic nitrogens is 1. The molecule has 8 nitrogen and oxygen atoms in total. The van der Waals surface area contributed by atoms with E-state index in [4.69, 9.17) is 9.72 Å². The normalized spacial score (nSPS) is 17.0. The van der Waals surface area contributed by atoms with E-state index >= 15 is 0 Å². The molecule has 1 saturated heterocycles.